The van der Waals surface area contributed by atoms with Crippen molar-refractivity contribution in [1.82, 2.24) is 4.98 Å². The van der Waals surface area contributed by atoms with Gasteiger partial charge in [-0.25, -0.2) is 9.78 Å². The number of esters is 1. The van der Waals surface area contributed by atoms with Crippen LogP contribution in [-0.4, -0.2) is 17.6 Å². The highest BCUT2D eigenvalue weighted by Crippen LogP contribution is 2.13. The van der Waals surface area contributed by atoms with Gasteiger partial charge in [-0.1, -0.05) is 24.3 Å². The average Bonchev–Trinajstić information content (AvgIpc) is 2.29. The molecule has 16 heavy (non-hydrogen) atoms. The summed E-state index contributed by atoms with van der Waals surface area (Å²) in [5.41, 5.74) is 0.357. The minimum Gasteiger partial charge on any atom is -0.461 e. The zero-order valence-corrected chi connectivity index (χ0v) is 10.6. The summed E-state index contributed by atoms with van der Waals surface area (Å²) in [6.45, 7) is 2.15. The van der Waals surface area contributed by atoms with Gasteiger partial charge in [-0.15, -0.1) is 17.0 Å². The Morgan fingerprint density at radius 3 is 2.69 bits per heavy atom. The van der Waals surface area contributed by atoms with Crippen LogP contribution in [0.4, 0.5) is 0 Å². The van der Waals surface area contributed by atoms with Crippen LogP contribution < -0.4 is 0 Å². The summed E-state index contributed by atoms with van der Waals surface area (Å²) < 4.78 is 4.88. The summed E-state index contributed by atoms with van der Waals surface area (Å²) in [5, 5.41) is 2.01. The smallest absolute Gasteiger partial charge is 0.356 e. The van der Waals surface area contributed by atoms with Crippen LogP contribution in [0.3, 0.4) is 0 Å². The molecule has 0 saturated heterocycles. The number of ether oxygens (including phenoxy) is 1. The quantitative estimate of drug-likeness (QED) is 0.795. The number of nitrogens with zero attached hydrogens (tertiary/aromatic N) is 1. The van der Waals surface area contributed by atoms with Crippen molar-refractivity contribution in [2.45, 2.75) is 6.92 Å². The second-order valence-corrected chi connectivity index (χ2v) is 3.14. The molecular weight excluding hydrogens is 270 g/mol. The van der Waals surface area contributed by atoms with Crippen molar-refractivity contribution in [2.75, 3.05) is 6.61 Å². The topological polar surface area (TPSA) is 39.2 Å². The molecule has 1 aromatic heterocycles. The predicted octanol–water partition coefficient (Wildman–Crippen LogP) is 2.99. The van der Waals surface area contributed by atoms with Gasteiger partial charge in [0, 0.05) is 11.6 Å². The summed E-state index contributed by atoms with van der Waals surface area (Å²) in [6, 6.07) is 9.51. The first-order chi connectivity index (χ1) is 7.31. The van der Waals surface area contributed by atoms with Crippen molar-refractivity contribution in [1.29, 1.82) is 0 Å². The number of aromatic nitrogens is 1. The van der Waals surface area contributed by atoms with E-state index in [1.54, 1.807) is 19.2 Å². The molecule has 0 fully saturated rings. The molecule has 2 rings (SSSR count). The van der Waals surface area contributed by atoms with E-state index in [1.165, 1.54) is 0 Å². The second kappa shape index (κ2) is 5.61. The molecule has 1 aromatic carbocycles. The van der Waals surface area contributed by atoms with E-state index in [2.05, 4.69) is 4.98 Å². The Hall–Kier alpha value is -1.42. The molecular formula is C12H12BrNO2. The molecule has 0 bridgehead atoms. The van der Waals surface area contributed by atoms with Gasteiger partial charge in [0.05, 0.1) is 6.61 Å². The van der Waals surface area contributed by atoms with Gasteiger partial charge in [-0.3, -0.25) is 0 Å². The fraction of sp³-hybridized carbons (Fsp3) is 0.167. The lowest BCUT2D eigenvalue weighted by molar-refractivity contribution is 0.0520. The molecule has 0 aliphatic heterocycles. The third-order valence-electron chi connectivity index (χ3n) is 2.12. The van der Waals surface area contributed by atoms with Crippen molar-refractivity contribution in [3.63, 3.8) is 0 Å². The van der Waals surface area contributed by atoms with E-state index in [0.29, 0.717) is 12.3 Å². The van der Waals surface area contributed by atoms with Crippen LogP contribution in [0.25, 0.3) is 10.8 Å². The number of hydrogen-bond donors (Lipinski definition) is 0. The summed E-state index contributed by atoms with van der Waals surface area (Å²) in [5.74, 6) is -0.372. The Labute approximate surface area is 104 Å². The fourth-order valence-electron chi connectivity index (χ4n) is 1.40. The number of carbonyl (C=O) groups excluding carboxylic acids is 1. The van der Waals surface area contributed by atoms with E-state index in [0.717, 1.165) is 10.8 Å². The van der Waals surface area contributed by atoms with Crippen molar-refractivity contribution in [3.05, 3.63) is 42.2 Å². The molecule has 0 N–H and O–H groups in total. The number of carbonyl (C=O) groups is 1. The molecule has 0 spiro atoms. The SMILES string of the molecule is Br.CCOC(=O)c1cc2ccccc2cn1. The Kier molecular flexibility index (Phi) is 4.43. The van der Waals surface area contributed by atoms with E-state index in [-0.39, 0.29) is 23.0 Å². The van der Waals surface area contributed by atoms with E-state index in [1.807, 2.05) is 24.3 Å². The van der Waals surface area contributed by atoms with E-state index in [4.69, 9.17) is 4.74 Å². The minimum absolute atomic E-state index is 0. The zero-order chi connectivity index (χ0) is 10.7. The molecule has 4 heteroatoms. The van der Waals surface area contributed by atoms with Crippen LogP contribution in [0, 0.1) is 0 Å². The van der Waals surface area contributed by atoms with Crippen molar-refractivity contribution < 1.29 is 9.53 Å². The maximum Gasteiger partial charge on any atom is 0.356 e. The highest BCUT2D eigenvalue weighted by Gasteiger charge is 2.07. The van der Waals surface area contributed by atoms with Gasteiger partial charge in [-0.2, -0.15) is 0 Å². The number of benzene rings is 1. The van der Waals surface area contributed by atoms with Crippen molar-refractivity contribution in [2.24, 2.45) is 0 Å². The number of hydrogen-bond acceptors (Lipinski definition) is 3. The number of pyridine rings is 1. The van der Waals surface area contributed by atoms with Crippen LogP contribution in [0.5, 0.6) is 0 Å². The molecule has 3 nitrogen and oxygen atoms in total. The lowest BCUT2D eigenvalue weighted by Gasteiger charge is -2.02. The third kappa shape index (κ3) is 2.58. The van der Waals surface area contributed by atoms with Crippen LogP contribution in [0.2, 0.25) is 0 Å². The molecule has 0 aliphatic rings. The lowest BCUT2D eigenvalue weighted by Crippen LogP contribution is -2.06. The highest BCUT2D eigenvalue weighted by molar-refractivity contribution is 8.93. The first-order valence-electron chi connectivity index (χ1n) is 4.83. The Morgan fingerprint density at radius 1 is 1.31 bits per heavy atom. The van der Waals surface area contributed by atoms with Gasteiger partial charge >= 0.3 is 5.97 Å². The average molecular weight is 282 g/mol. The first-order valence-corrected chi connectivity index (χ1v) is 4.83. The van der Waals surface area contributed by atoms with Crippen molar-refractivity contribution >= 4 is 33.7 Å². The predicted molar refractivity (Wildman–Crippen MR) is 68.0 cm³/mol. The van der Waals surface area contributed by atoms with Gasteiger partial charge in [0.25, 0.3) is 0 Å². The normalized spacial score (nSPS) is 9.56. The molecule has 1 heterocycles. The lowest BCUT2D eigenvalue weighted by atomic mass is 10.1. The molecule has 84 valence electrons. The Balaban J connectivity index is 0.00000128. The monoisotopic (exact) mass is 281 g/mol. The first kappa shape index (κ1) is 12.6. The zero-order valence-electron chi connectivity index (χ0n) is 8.84. The van der Waals surface area contributed by atoms with Crippen LogP contribution in [0.15, 0.2) is 36.5 Å². The van der Waals surface area contributed by atoms with Crippen LogP contribution in [-0.2, 0) is 4.74 Å². The van der Waals surface area contributed by atoms with Crippen molar-refractivity contribution in [3.8, 4) is 0 Å². The molecule has 0 saturated carbocycles. The molecule has 0 radical (unpaired) electrons. The number of fused-ring (bicyclic) bond motifs is 1. The largest absolute Gasteiger partial charge is 0.461 e. The number of halogens is 1. The molecule has 0 unspecified atom stereocenters. The van der Waals surface area contributed by atoms with E-state index in [9.17, 15) is 4.79 Å². The number of rotatable bonds is 2. The van der Waals surface area contributed by atoms with Gasteiger partial charge in [0.15, 0.2) is 0 Å². The summed E-state index contributed by atoms with van der Waals surface area (Å²) in [7, 11) is 0. The molecule has 0 aliphatic carbocycles. The Bertz CT molecular complexity index is 499. The fourth-order valence-corrected chi connectivity index (χ4v) is 1.40. The van der Waals surface area contributed by atoms with Crippen LogP contribution >= 0.6 is 17.0 Å². The van der Waals surface area contributed by atoms with Gasteiger partial charge in [-0.05, 0) is 18.4 Å². The van der Waals surface area contributed by atoms with Gasteiger partial charge in [0.1, 0.15) is 5.69 Å². The second-order valence-electron chi connectivity index (χ2n) is 3.14. The minimum atomic E-state index is -0.372. The summed E-state index contributed by atoms with van der Waals surface area (Å²) >= 11 is 0. The maximum absolute atomic E-state index is 11.4. The molecule has 0 amide bonds. The molecule has 2 aromatic rings. The maximum atomic E-state index is 11.4. The van der Waals surface area contributed by atoms with Gasteiger partial charge in [0.2, 0.25) is 0 Å². The van der Waals surface area contributed by atoms with Crippen LogP contribution in [0.1, 0.15) is 17.4 Å². The highest BCUT2D eigenvalue weighted by atomic mass is 79.9. The molecule has 0 atom stereocenters. The Morgan fingerprint density at radius 2 is 2.00 bits per heavy atom. The third-order valence-corrected chi connectivity index (χ3v) is 2.12. The van der Waals surface area contributed by atoms with E-state index >= 15 is 0 Å². The van der Waals surface area contributed by atoms with Gasteiger partial charge < -0.3 is 4.74 Å². The summed E-state index contributed by atoms with van der Waals surface area (Å²) in [6.07, 6.45) is 1.68. The summed E-state index contributed by atoms with van der Waals surface area (Å²) in [4.78, 5) is 15.5. The van der Waals surface area contributed by atoms with E-state index < -0.39 is 0 Å². The standard InChI is InChI=1S/C12H11NO2.BrH/c1-2-15-12(14)11-7-9-5-3-4-6-10(9)8-13-11;/h3-8H,2H2,1H3;1H.